The number of halogens is 4. The first-order chi connectivity index (χ1) is 13.3. The maximum atomic E-state index is 13.5. The molecule has 0 aliphatic carbocycles. The van der Waals surface area contributed by atoms with Gasteiger partial charge < -0.3 is 10.1 Å². The van der Waals surface area contributed by atoms with Crippen molar-refractivity contribution in [2.75, 3.05) is 11.9 Å². The Hall–Kier alpha value is -2.45. The number of hydrogen-bond donors (Lipinski definition) is 1. The maximum Gasteiger partial charge on any atom is 0.416 e. The van der Waals surface area contributed by atoms with E-state index in [1.807, 2.05) is 0 Å². The van der Waals surface area contributed by atoms with E-state index in [4.69, 9.17) is 16.3 Å². The lowest BCUT2D eigenvalue weighted by atomic mass is 9.96. The van der Waals surface area contributed by atoms with E-state index in [1.54, 1.807) is 25.3 Å². The van der Waals surface area contributed by atoms with Gasteiger partial charge >= 0.3 is 6.18 Å². The van der Waals surface area contributed by atoms with Crippen molar-refractivity contribution in [1.29, 1.82) is 0 Å². The molecule has 5 nitrogen and oxygen atoms in total. The summed E-state index contributed by atoms with van der Waals surface area (Å²) < 4.78 is 46.1. The van der Waals surface area contributed by atoms with Crippen molar-refractivity contribution in [3.05, 3.63) is 58.1 Å². The van der Waals surface area contributed by atoms with Crippen LogP contribution in [0.5, 0.6) is 0 Å². The standard InChI is InChI=1S/C19H16ClF3N4O/c1-10-11-3-2-4-14(19(21,22)23)13(11)9-28-6-5-17-26-15-8-24-16(20)7-12(15)18(25-10)27-17/h2-4,7-8,10H,5-6,9H2,1H3,(H,25,26,27). The Morgan fingerprint density at radius 3 is 2.86 bits per heavy atom. The molecule has 146 valence electrons. The molecule has 0 radical (unpaired) electrons. The van der Waals surface area contributed by atoms with E-state index in [-0.39, 0.29) is 23.9 Å². The van der Waals surface area contributed by atoms with Gasteiger partial charge in [0.25, 0.3) is 0 Å². The van der Waals surface area contributed by atoms with Gasteiger partial charge in [-0.1, -0.05) is 23.7 Å². The number of pyridine rings is 1. The highest BCUT2D eigenvalue weighted by Gasteiger charge is 2.35. The average molecular weight is 409 g/mol. The quantitative estimate of drug-likeness (QED) is 0.534. The van der Waals surface area contributed by atoms with Crippen molar-refractivity contribution in [3.8, 4) is 0 Å². The highest BCUT2D eigenvalue weighted by atomic mass is 35.5. The van der Waals surface area contributed by atoms with Crippen molar-refractivity contribution < 1.29 is 17.9 Å². The number of benzene rings is 1. The van der Waals surface area contributed by atoms with Crippen LogP contribution in [0.3, 0.4) is 0 Å². The highest BCUT2D eigenvalue weighted by Crippen LogP contribution is 2.37. The van der Waals surface area contributed by atoms with Crippen LogP contribution in [0.15, 0.2) is 30.5 Å². The molecule has 0 saturated heterocycles. The van der Waals surface area contributed by atoms with Gasteiger partial charge in [-0.2, -0.15) is 13.2 Å². The zero-order valence-electron chi connectivity index (χ0n) is 14.8. The van der Waals surface area contributed by atoms with Crippen LogP contribution in [0.4, 0.5) is 19.0 Å². The smallest absolute Gasteiger partial charge is 0.376 e. The number of nitrogens with one attached hydrogen (secondary N) is 1. The summed E-state index contributed by atoms with van der Waals surface area (Å²) in [4.78, 5) is 13.0. The molecule has 0 fully saturated rings. The number of aromatic nitrogens is 3. The van der Waals surface area contributed by atoms with Crippen molar-refractivity contribution in [1.82, 2.24) is 15.0 Å². The lowest BCUT2D eigenvalue weighted by Gasteiger charge is -2.22. The van der Waals surface area contributed by atoms with Gasteiger partial charge in [0.05, 0.1) is 36.5 Å². The number of alkyl halides is 3. The molecule has 9 heteroatoms. The second-order valence-electron chi connectivity index (χ2n) is 6.55. The molecule has 1 N–H and O–H groups in total. The predicted octanol–water partition coefficient (Wildman–Crippen LogP) is 4.94. The fourth-order valence-electron chi connectivity index (χ4n) is 3.33. The molecule has 28 heavy (non-hydrogen) atoms. The Balaban J connectivity index is 1.86. The van der Waals surface area contributed by atoms with Crippen molar-refractivity contribution >= 4 is 28.3 Å². The number of ether oxygens (including phenoxy) is 1. The minimum atomic E-state index is -4.46. The fraction of sp³-hybridized carbons (Fsp3) is 0.316. The minimum absolute atomic E-state index is 0.127. The first-order valence-electron chi connectivity index (χ1n) is 8.68. The topological polar surface area (TPSA) is 59.9 Å². The second kappa shape index (κ2) is 7.18. The maximum absolute atomic E-state index is 13.5. The predicted molar refractivity (Wildman–Crippen MR) is 99.2 cm³/mol. The number of hydrogen-bond acceptors (Lipinski definition) is 5. The summed E-state index contributed by atoms with van der Waals surface area (Å²) in [6.07, 6.45) is -2.54. The zero-order chi connectivity index (χ0) is 19.9. The molecule has 3 aromatic rings. The Labute approximate surface area is 163 Å². The fourth-order valence-corrected chi connectivity index (χ4v) is 3.49. The van der Waals surface area contributed by atoms with Crippen molar-refractivity contribution in [2.45, 2.75) is 32.2 Å². The van der Waals surface area contributed by atoms with E-state index in [0.717, 1.165) is 6.07 Å². The Morgan fingerprint density at radius 2 is 2.07 bits per heavy atom. The van der Waals surface area contributed by atoms with Crippen LogP contribution in [0.2, 0.25) is 5.15 Å². The van der Waals surface area contributed by atoms with Gasteiger partial charge in [0, 0.05) is 11.8 Å². The average Bonchev–Trinajstić information content (AvgIpc) is 2.66. The lowest BCUT2D eigenvalue weighted by Crippen LogP contribution is -2.16. The van der Waals surface area contributed by atoms with Gasteiger partial charge in [-0.25, -0.2) is 15.0 Å². The summed E-state index contributed by atoms with van der Waals surface area (Å²) in [5.41, 5.74) is 0.549. The molecule has 2 bridgehead atoms. The molecule has 1 aliphatic heterocycles. The van der Waals surface area contributed by atoms with Gasteiger partial charge in [0.15, 0.2) is 0 Å². The van der Waals surface area contributed by atoms with Crippen LogP contribution in [0.25, 0.3) is 10.9 Å². The number of fused-ring (bicyclic) bond motifs is 5. The second-order valence-corrected chi connectivity index (χ2v) is 6.94. The molecule has 2 aromatic heterocycles. The largest absolute Gasteiger partial charge is 0.416 e. The van der Waals surface area contributed by atoms with Crippen molar-refractivity contribution in [2.24, 2.45) is 0 Å². The van der Waals surface area contributed by atoms with Crippen LogP contribution in [0.1, 0.15) is 35.5 Å². The van der Waals surface area contributed by atoms with Crippen LogP contribution in [-0.4, -0.2) is 21.6 Å². The summed E-state index contributed by atoms with van der Waals surface area (Å²) in [6.45, 7) is 1.85. The van der Waals surface area contributed by atoms with Crippen LogP contribution < -0.4 is 5.32 Å². The SMILES string of the molecule is CC1Nc2nc(nc3cnc(Cl)cc23)CCOCc2c1cccc2C(F)(F)F. The highest BCUT2D eigenvalue weighted by molar-refractivity contribution is 6.30. The molecule has 1 aliphatic rings. The summed E-state index contributed by atoms with van der Waals surface area (Å²) in [5, 5.41) is 4.16. The molecule has 0 amide bonds. The van der Waals surface area contributed by atoms with Gasteiger partial charge in [-0.3, -0.25) is 0 Å². The summed E-state index contributed by atoms with van der Waals surface area (Å²) >= 11 is 6.01. The number of rotatable bonds is 0. The summed E-state index contributed by atoms with van der Waals surface area (Å²) in [5.74, 6) is 1.02. The third kappa shape index (κ3) is 3.62. The first-order valence-corrected chi connectivity index (χ1v) is 9.06. The van der Waals surface area contributed by atoms with Crippen LogP contribution in [-0.2, 0) is 23.9 Å². The molecule has 3 heterocycles. The van der Waals surface area contributed by atoms with E-state index < -0.39 is 17.8 Å². The molecule has 0 spiro atoms. The first kappa shape index (κ1) is 18.9. The number of nitrogens with zero attached hydrogens (tertiary/aromatic N) is 3. The van der Waals surface area contributed by atoms with E-state index in [9.17, 15) is 13.2 Å². The van der Waals surface area contributed by atoms with Gasteiger partial charge in [-0.05, 0) is 30.2 Å². The Morgan fingerprint density at radius 1 is 1.25 bits per heavy atom. The molecule has 1 atom stereocenters. The molecule has 0 saturated carbocycles. The van der Waals surface area contributed by atoms with Crippen LogP contribution in [0, 0.1) is 0 Å². The third-order valence-corrected chi connectivity index (χ3v) is 4.86. The zero-order valence-corrected chi connectivity index (χ0v) is 15.6. The van der Waals surface area contributed by atoms with Crippen LogP contribution >= 0.6 is 11.6 Å². The van der Waals surface area contributed by atoms with Gasteiger partial charge in [0.2, 0.25) is 0 Å². The number of anilines is 1. The molecule has 4 rings (SSSR count). The van der Waals surface area contributed by atoms with E-state index in [2.05, 4.69) is 20.3 Å². The van der Waals surface area contributed by atoms with E-state index >= 15 is 0 Å². The summed E-state index contributed by atoms with van der Waals surface area (Å²) in [6, 6.07) is 5.34. The third-order valence-electron chi connectivity index (χ3n) is 4.65. The Bertz CT molecular complexity index is 1040. The van der Waals surface area contributed by atoms with Crippen molar-refractivity contribution in [3.63, 3.8) is 0 Å². The summed E-state index contributed by atoms with van der Waals surface area (Å²) in [7, 11) is 0. The van der Waals surface area contributed by atoms with E-state index in [0.29, 0.717) is 34.5 Å². The minimum Gasteiger partial charge on any atom is -0.376 e. The van der Waals surface area contributed by atoms with Gasteiger partial charge in [0.1, 0.15) is 16.8 Å². The molecular formula is C19H16ClF3N4O. The molecular weight excluding hydrogens is 393 g/mol. The van der Waals surface area contributed by atoms with E-state index in [1.165, 1.54) is 6.07 Å². The monoisotopic (exact) mass is 408 g/mol. The molecule has 1 unspecified atom stereocenters. The van der Waals surface area contributed by atoms with Gasteiger partial charge in [-0.15, -0.1) is 0 Å². The molecule has 1 aromatic carbocycles. The Kier molecular flexibility index (Phi) is 4.84. The normalized spacial score (nSPS) is 17.5. The lowest BCUT2D eigenvalue weighted by molar-refractivity contribution is -0.139.